The van der Waals surface area contributed by atoms with E-state index in [-0.39, 0.29) is 11.3 Å². The zero-order valence-electron chi connectivity index (χ0n) is 9.68. The zero-order valence-corrected chi connectivity index (χ0v) is 9.68. The summed E-state index contributed by atoms with van der Waals surface area (Å²) >= 11 is 0. The number of allylic oxidation sites excluding steroid dienone is 1. The third-order valence-corrected chi connectivity index (χ3v) is 3.58. The summed E-state index contributed by atoms with van der Waals surface area (Å²) in [6.07, 6.45) is 5.94. The Labute approximate surface area is 87.6 Å². The summed E-state index contributed by atoms with van der Waals surface area (Å²) in [5.41, 5.74) is 0.192. The predicted molar refractivity (Wildman–Crippen MR) is 60.1 cm³/mol. The summed E-state index contributed by atoms with van der Waals surface area (Å²) in [7, 11) is 0. The molecule has 1 saturated carbocycles. The van der Waals surface area contributed by atoms with Gasteiger partial charge in [0.1, 0.15) is 5.78 Å². The molecular formula is C13H22O. The van der Waals surface area contributed by atoms with Crippen molar-refractivity contribution in [1.29, 1.82) is 0 Å². The van der Waals surface area contributed by atoms with Crippen molar-refractivity contribution < 1.29 is 4.79 Å². The van der Waals surface area contributed by atoms with Crippen molar-refractivity contribution in [3.05, 3.63) is 12.7 Å². The molecule has 1 aliphatic carbocycles. The molecule has 1 rings (SSSR count). The van der Waals surface area contributed by atoms with Gasteiger partial charge in [-0.2, -0.15) is 0 Å². The highest BCUT2D eigenvalue weighted by molar-refractivity contribution is 5.83. The molecule has 0 aliphatic heterocycles. The Morgan fingerprint density at radius 1 is 1.57 bits per heavy atom. The Morgan fingerprint density at radius 2 is 2.21 bits per heavy atom. The summed E-state index contributed by atoms with van der Waals surface area (Å²) in [6, 6.07) is 0. The van der Waals surface area contributed by atoms with Crippen LogP contribution in [0.3, 0.4) is 0 Å². The maximum absolute atomic E-state index is 12.0. The summed E-state index contributed by atoms with van der Waals surface area (Å²) in [6.45, 7) is 10.3. The van der Waals surface area contributed by atoms with Crippen LogP contribution in [0.5, 0.6) is 0 Å². The first kappa shape index (κ1) is 11.5. The largest absolute Gasteiger partial charge is 0.299 e. The first-order chi connectivity index (χ1) is 6.49. The van der Waals surface area contributed by atoms with E-state index in [1.807, 2.05) is 0 Å². The third kappa shape index (κ3) is 2.26. The van der Waals surface area contributed by atoms with Crippen molar-refractivity contribution in [2.45, 2.75) is 46.5 Å². The minimum Gasteiger partial charge on any atom is -0.299 e. The van der Waals surface area contributed by atoms with Crippen LogP contribution in [0.15, 0.2) is 12.7 Å². The van der Waals surface area contributed by atoms with Crippen molar-refractivity contribution in [3.63, 3.8) is 0 Å². The second-order valence-electron chi connectivity index (χ2n) is 5.29. The van der Waals surface area contributed by atoms with E-state index in [0.29, 0.717) is 18.1 Å². The van der Waals surface area contributed by atoms with Crippen molar-refractivity contribution in [2.24, 2.45) is 17.3 Å². The smallest absolute Gasteiger partial charge is 0.140 e. The molecule has 80 valence electrons. The van der Waals surface area contributed by atoms with E-state index >= 15 is 0 Å². The highest BCUT2D eigenvalue weighted by Crippen LogP contribution is 2.44. The molecule has 0 bridgehead atoms. The van der Waals surface area contributed by atoms with Crippen molar-refractivity contribution in [3.8, 4) is 0 Å². The fourth-order valence-corrected chi connectivity index (χ4v) is 2.99. The average Bonchev–Trinajstić information content (AvgIpc) is 2.02. The molecular weight excluding hydrogens is 172 g/mol. The van der Waals surface area contributed by atoms with Gasteiger partial charge in [-0.3, -0.25) is 4.79 Å². The van der Waals surface area contributed by atoms with Crippen LogP contribution < -0.4 is 0 Å². The van der Waals surface area contributed by atoms with Crippen LogP contribution in [0, 0.1) is 17.3 Å². The van der Waals surface area contributed by atoms with Gasteiger partial charge in [0, 0.05) is 12.3 Å². The SMILES string of the molecule is C=CCC(=O)C1[C@@H](C)CCCC1(C)C. The first-order valence-electron chi connectivity index (χ1n) is 5.62. The van der Waals surface area contributed by atoms with Gasteiger partial charge in [0.15, 0.2) is 0 Å². The fourth-order valence-electron chi connectivity index (χ4n) is 2.99. The Bertz CT molecular complexity index is 227. The quantitative estimate of drug-likeness (QED) is 0.627. The number of ketones is 1. The highest BCUT2D eigenvalue weighted by atomic mass is 16.1. The molecule has 0 aromatic rings. The van der Waals surface area contributed by atoms with Gasteiger partial charge in [-0.05, 0) is 24.2 Å². The number of carbonyl (C=O) groups excluding carboxylic acids is 1. The Kier molecular flexibility index (Phi) is 3.52. The average molecular weight is 194 g/mol. The summed E-state index contributed by atoms with van der Waals surface area (Å²) in [4.78, 5) is 12.0. The summed E-state index contributed by atoms with van der Waals surface area (Å²) in [5.74, 6) is 1.18. The second-order valence-corrected chi connectivity index (χ2v) is 5.29. The van der Waals surface area contributed by atoms with E-state index in [1.165, 1.54) is 19.3 Å². The summed E-state index contributed by atoms with van der Waals surface area (Å²) < 4.78 is 0. The van der Waals surface area contributed by atoms with Gasteiger partial charge in [-0.25, -0.2) is 0 Å². The molecule has 1 aliphatic rings. The van der Waals surface area contributed by atoms with E-state index < -0.39 is 0 Å². The van der Waals surface area contributed by atoms with E-state index in [2.05, 4.69) is 27.4 Å². The van der Waals surface area contributed by atoms with Gasteiger partial charge < -0.3 is 0 Å². The number of hydrogen-bond acceptors (Lipinski definition) is 1. The molecule has 1 fully saturated rings. The Hall–Kier alpha value is -0.590. The number of hydrogen-bond donors (Lipinski definition) is 0. The molecule has 1 unspecified atom stereocenters. The predicted octanol–water partition coefficient (Wildman–Crippen LogP) is 3.59. The van der Waals surface area contributed by atoms with Crippen molar-refractivity contribution in [2.75, 3.05) is 0 Å². The Morgan fingerprint density at radius 3 is 2.71 bits per heavy atom. The Balaban J connectivity index is 2.79. The van der Waals surface area contributed by atoms with Crippen LogP contribution >= 0.6 is 0 Å². The number of carbonyl (C=O) groups is 1. The van der Waals surface area contributed by atoms with Gasteiger partial charge in [0.25, 0.3) is 0 Å². The van der Waals surface area contributed by atoms with E-state index in [0.717, 1.165) is 0 Å². The van der Waals surface area contributed by atoms with Gasteiger partial charge in [0.2, 0.25) is 0 Å². The third-order valence-electron chi connectivity index (χ3n) is 3.58. The lowest BCUT2D eigenvalue weighted by Crippen LogP contribution is -2.39. The lowest BCUT2D eigenvalue weighted by molar-refractivity contribution is -0.129. The van der Waals surface area contributed by atoms with Gasteiger partial charge >= 0.3 is 0 Å². The van der Waals surface area contributed by atoms with Crippen molar-refractivity contribution in [1.82, 2.24) is 0 Å². The number of Topliss-reactive ketones (excluding diaryl/α,β-unsaturated/α-hetero) is 1. The maximum atomic E-state index is 12.0. The molecule has 0 heterocycles. The second kappa shape index (κ2) is 4.29. The van der Waals surface area contributed by atoms with Gasteiger partial charge in [-0.15, -0.1) is 6.58 Å². The molecule has 2 atom stereocenters. The highest BCUT2D eigenvalue weighted by Gasteiger charge is 2.40. The van der Waals surface area contributed by atoms with Crippen LogP contribution in [-0.2, 0) is 4.79 Å². The lowest BCUT2D eigenvalue weighted by Gasteiger charge is -2.41. The molecule has 0 radical (unpaired) electrons. The maximum Gasteiger partial charge on any atom is 0.140 e. The molecule has 1 nitrogen and oxygen atoms in total. The van der Waals surface area contributed by atoms with Crippen LogP contribution in [0.2, 0.25) is 0 Å². The molecule has 0 N–H and O–H groups in total. The lowest BCUT2D eigenvalue weighted by atomic mass is 9.62. The fraction of sp³-hybridized carbons (Fsp3) is 0.769. The molecule has 0 amide bonds. The first-order valence-corrected chi connectivity index (χ1v) is 5.62. The number of rotatable bonds is 3. The zero-order chi connectivity index (χ0) is 10.8. The molecule has 0 saturated heterocycles. The monoisotopic (exact) mass is 194 g/mol. The van der Waals surface area contributed by atoms with Crippen LogP contribution in [0.1, 0.15) is 46.5 Å². The van der Waals surface area contributed by atoms with E-state index in [1.54, 1.807) is 6.08 Å². The molecule has 0 aromatic carbocycles. The standard InChI is InChI=1S/C13H22O/c1-5-7-11(14)12-10(2)8-6-9-13(12,3)4/h5,10,12H,1,6-9H2,2-4H3/t10-,12?/m0/s1. The minimum atomic E-state index is 0.192. The van der Waals surface area contributed by atoms with Crippen LogP contribution in [0.4, 0.5) is 0 Å². The molecule has 1 heteroatoms. The molecule has 0 aromatic heterocycles. The van der Waals surface area contributed by atoms with Crippen LogP contribution in [-0.4, -0.2) is 5.78 Å². The van der Waals surface area contributed by atoms with Gasteiger partial charge in [0.05, 0.1) is 0 Å². The van der Waals surface area contributed by atoms with E-state index in [9.17, 15) is 4.79 Å². The van der Waals surface area contributed by atoms with Gasteiger partial charge in [-0.1, -0.05) is 33.3 Å². The minimum absolute atomic E-state index is 0.192. The van der Waals surface area contributed by atoms with Crippen molar-refractivity contribution >= 4 is 5.78 Å². The topological polar surface area (TPSA) is 17.1 Å². The summed E-state index contributed by atoms with van der Waals surface area (Å²) in [5, 5.41) is 0. The van der Waals surface area contributed by atoms with E-state index in [4.69, 9.17) is 0 Å². The normalized spacial score (nSPS) is 31.1. The molecule has 14 heavy (non-hydrogen) atoms. The molecule has 0 spiro atoms. The van der Waals surface area contributed by atoms with Crippen LogP contribution in [0.25, 0.3) is 0 Å².